The average Bonchev–Trinajstić information content (AvgIpc) is 2.98. The first-order valence-electron chi connectivity index (χ1n) is 8.69. The Morgan fingerprint density at radius 1 is 1.24 bits per heavy atom. The predicted octanol–water partition coefficient (Wildman–Crippen LogP) is 4.61. The van der Waals surface area contributed by atoms with Crippen molar-refractivity contribution in [2.24, 2.45) is 0 Å². The number of carbonyl (C=O) groups is 2. The SMILES string of the molecule is CCOC(=O)c1c(NC(=O)c2ccc(C(F)(F)F)cc2)sc2c1CCN(C)C2.Cl. The minimum atomic E-state index is -4.47. The Morgan fingerprint density at radius 2 is 1.90 bits per heavy atom. The van der Waals surface area contributed by atoms with E-state index in [4.69, 9.17) is 4.74 Å². The molecule has 1 aromatic carbocycles. The van der Waals surface area contributed by atoms with Crippen molar-refractivity contribution >= 4 is 40.6 Å². The van der Waals surface area contributed by atoms with E-state index in [1.165, 1.54) is 11.3 Å². The monoisotopic (exact) mass is 448 g/mol. The van der Waals surface area contributed by atoms with Crippen LogP contribution in [0.2, 0.25) is 0 Å². The van der Waals surface area contributed by atoms with Crippen LogP contribution >= 0.6 is 23.7 Å². The molecule has 0 saturated heterocycles. The molecule has 1 aliphatic rings. The van der Waals surface area contributed by atoms with E-state index in [0.29, 0.717) is 23.5 Å². The molecule has 0 saturated carbocycles. The normalized spacial score (nSPS) is 14.0. The quantitative estimate of drug-likeness (QED) is 0.694. The first-order valence-corrected chi connectivity index (χ1v) is 9.51. The van der Waals surface area contributed by atoms with E-state index in [1.807, 2.05) is 7.05 Å². The van der Waals surface area contributed by atoms with Crippen molar-refractivity contribution in [2.45, 2.75) is 26.1 Å². The Hall–Kier alpha value is -2.10. The average molecular weight is 449 g/mol. The number of esters is 1. The molecule has 0 atom stereocenters. The summed E-state index contributed by atoms with van der Waals surface area (Å²) in [6.45, 7) is 3.34. The minimum Gasteiger partial charge on any atom is -0.462 e. The van der Waals surface area contributed by atoms with Gasteiger partial charge in [0.25, 0.3) is 5.91 Å². The minimum absolute atomic E-state index is 0. The molecule has 3 rings (SSSR count). The summed E-state index contributed by atoms with van der Waals surface area (Å²) in [5.41, 5.74) is 0.455. The van der Waals surface area contributed by atoms with E-state index in [2.05, 4.69) is 10.2 Å². The van der Waals surface area contributed by atoms with Crippen molar-refractivity contribution in [3.05, 3.63) is 51.4 Å². The van der Waals surface area contributed by atoms with Crippen molar-refractivity contribution in [1.29, 1.82) is 0 Å². The Labute approximate surface area is 176 Å². The van der Waals surface area contributed by atoms with Gasteiger partial charge in [-0.15, -0.1) is 23.7 Å². The number of hydrogen-bond acceptors (Lipinski definition) is 5. The van der Waals surface area contributed by atoms with Gasteiger partial charge < -0.3 is 15.0 Å². The number of nitrogens with zero attached hydrogens (tertiary/aromatic N) is 1. The second-order valence-corrected chi connectivity index (χ2v) is 7.55. The molecule has 0 unspecified atom stereocenters. The number of hydrogen-bond donors (Lipinski definition) is 1. The van der Waals surface area contributed by atoms with Gasteiger partial charge in [0.05, 0.1) is 17.7 Å². The molecule has 2 heterocycles. The zero-order valence-corrected chi connectivity index (χ0v) is 17.4. The number of benzene rings is 1. The fourth-order valence-electron chi connectivity index (χ4n) is 3.02. The molecule has 1 N–H and O–H groups in total. The third-order valence-corrected chi connectivity index (χ3v) is 5.56. The predicted molar refractivity (Wildman–Crippen MR) is 107 cm³/mol. The Morgan fingerprint density at radius 3 is 2.48 bits per heavy atom. The number of halogens is 4. The molecule has 10 heteroatoms. The van der Waals surface area contributed by atoms with E-state index < -0.39 is 23.6 Å². The maximum atomic E-state index is 12.7. The lowest BCUT2D eigenvalue weighted by molar-refractivity contribution is -0.137. The number of likely N-dealkylation sites (N-methyl/N-ethyl adjacent to an activating group) is 1. The lowest BCUT2D eigenvalue weighted by Crippen LogP contribution is -2.26. The lowest BCUT2D eigenvalue weighted by atomic mass is 10.0. The molecular weight excluding hydrogens is 429 g/mol. The highest BCUT2D eigenvalue weighted by molar-refractivity contribution is 7.17. The number of rotatable bonds is 4. The van der Waals surface area contributed by atoms with Crippen LogP contribution in [0.3, 0.4) is 0 Å². The number of alkyl halides is 3. The molecule has 29 heavy (non-hydrogen) atoms. The molecule has 2 aromatic rings. The van der Waals surface area contributed by atoms with E-state index in [1.54, 1.807) is 6.92 Å². The molecule has 1 amide bonds. The van der Waals surface area contributed by atoms with Crippen LogP contribution in [0.1, 0.15) is 43.6 Å². The molecule has 1 aromatic heterocycles. The highest BCUT2D eigenvalue weighted by atomic mass is 35.5. The van der Waals surface area contributed by atoms with Crippen LogP contribution in [-0.2, 0) is 23.9 Å². The third kappa shape index (κ3) is 5.09. The number of ether oxygens (including phenoxy) is 1. The van der Waals surface area contributed by atoms with Crippen molar-refractivity contribution in [1.82, 2.24) is 4.90 Å². The van der Waals surface area contributed by atoms with Crippen molar-refractivity contribution in [3.8, 4) is 0 Å². The summed E-state index contributed by atoms with van der Waals surface area (Å²) in [6.07, 6.45) is -3.81. The van der Waals surface area contributed by atoms with Gasteiger partial charge in [0, 0.05) is 23.5 Å². The van der Waals surface area contributed by atoms with Crippen LogP contribution in [0.5, 0.6) is 0 Å². The van der Waals surface area contributed by atoms with E-state index >= 15 is 0 Å². The Bertz CT molecular complexity index is 897. The van der Waals surface area contributed by atoms with Crippen LogP contribution in [0.15, 0.2) is 24.3 Å². The van der Waals surface area contributed by atoms with Crippen LogP contribution in [-0.4, -0.2) is 37.0 Å². The molecule has 0 aliphatic carbocycles. The maximum absolute atomic E-state index is 12.7. The molecule has 0 fully saturated rings. The standard InChI is InChI=1S/C19H19F3N2O3S.ClH/c1-3-27-18(26)15-13-8-9-24(2)10-14(13)28-17(15)23-16(25)11-4-6-12(7-5-11)19(20,21)22;/h4-7H,3,8-10H2,1-2H3,(H,23,25);1H. The second kappa shape index (κ2) is 9.15. The number of fused-ring (bicyclic) bond motifs is 1. The van der Waals surface area contributed by atoms with Crippen LogP contribution < -0.4 is 5.32 Å². The first kappa shape index (κ1) is 23.2. The van der Waals surface area contributed by atoms with Gasteiger partial charge in [-0.2, -0.15) is 13.2 Å². The van der Waals surface area contributed by atoms with Gasteiger partial charge in [-0.25, -0.2) is 4.79 Å². The topological polar surface area (TPSA) is 58.6 Å². The Kier molecular flexibility index (Phi) is 7.31. The zero-order chi connectivity index (χ0) is 20.5. The molecule has 1 aliphatic heterocycles. The summed E-state index contributed by atoms with van der Waals surface area (Å²) in [5.74, 6) is -1.08. The molecule has 0 bridgehead atoms. The fraction of sp³-hybridized carbons (Fsp3) is 0.368. The largest absolute Gasteiger partial charge is 0.462 e. The van der Waals surface area contributed by atoms with Gasteiger partial charge in [-0.1, -0.05) is 0 Å². The highest BCUT2D eigenvalue weighted by Crippen LogP contribution is 2.37. The van der Waals surface area contributed by atoms with Crippen molar-refractivity contribution in [2.75, 3.05) is 25.5 Å². The fourth-order valence-corrected chi connectivity index (χ4v) is 4.34. The summed E-state index contributed by atoms with van der Waals surface area (Å²) in [5, 5.41) is 3.04. The Balaban J connectivity index is 0.00000300. The van der Waals surface area contributed by atoms with Gasteiger partial charge in [-0.3, -0.25) is 4.79 Å². The van der Waals surface area contributed by atoms with Crippen molar-refractivity contribution < 1.29 is 27.5 Å². The number of thiophene rings is 1. The summed E-state index contributed by atoms with van der Waals surface area (Å²) in [6, 6.07) is 3.94. The number of amides is 1. The van der Waals surface area contributed by atoms with Crippen LogP contribution in [0.4, 0.5) is 18.2 Å². The third-order valence-electron chi connectivity index (χ3n) is 4.43. The van der Waals surface area contributed by atoms with Gasteiger partial charge in [0.15, 0.2) is 0 Å². The molecule has 5 nitrogen and oxygen atoms in total. The highest BCUT2D eigenvalue weighted by Gasteiger charge is 2.31. The van der Waals surface area contributed by atoms with Gasteiger partial charge in [0.2, 0.25) is 0 Å². The molecule has 0 spiro atoms. The number of anilines is 1. The van der Waals surface area contributed by atoms with E-state index in [0.717, 1.165) is 41.3 Å². The summed E-state index contributed by atoms with van der Waals surface area (Å²) in [4.78, 5) is 28.1. The number of carbonyl (C=O) groups excluding carboxylic acids is 2. The van der Waals surface area contributed by atoms with Gasteiger partial charge in [-0.05, 0) is 50.2 Å². The smallest absolute Gasteiger partial charge is 0.416 e. The van der Waals surface area contributed by atoms with Gasteiger partial charge in [0.1, 0.15) is 5.00 Å². The lowest BCUT2D eigenvalue weighted by Gasteiger charge is -2.22. The summed E-state index contributed by atoms with van der Waals surface area (Å²) in [7, 11) is 1.97. The molecule has 158 valence electrons. The van der Waals surface area contributed by atoms with E-state index in [-0.39, 0.29) is 24.6 Å². The van der Waals surface area contributed by atoms with E-state index in [9.17, 15) is 22.8 Å². The van der Waals surface area contributed by atoms with Gasteiger partial charge >= 0.3 is 12.1 Å². The second-order valence-electron chi connectivity index (χ2n) is 6.45. The zero-order valence-electron chi connectivity index (χ0n) is 15.8. The number of nitrogens with one attached hydrogen (secondary N) is 1. The summed E-state index contributed by atoms with van der Waals surface area (Å²) >= 11 is 1.30. The molecular formula is C19H20ClF3N2O3S. The maximum Gasteiger partial charge on any atom is 0.416 e. The van der Waals surface area contributed by atoms with Crippen LogP contribution in [0.25, 0.3) is 0 Å². The van der Waals surface area contributed by atoms with Crippen LogP contribution in [0, 0.1) is 0 Å². The first-order chi connectivity index (χ1) is 13.2. The molecule has 0 radical (unpaired) electrons. The van der Waals surface area contributed by atoms with Crippen molar-refractivity contribution in [3.63, 3.8) is 0 Å². The summed E-state index contributed by atoms with van der Waals surface area (Å²) < 4.78 is 43.2.